The summed E-state index contributed by atoms with van der Waals surface area (Å²) in [6, 6.07) is 6.61. The summed E-state index contributed by atoms with van der Waals surface area (Å²) in [5.74, 6) is -0.942. The zero-order valence-corrected chi connectivity index (χ0v) is 11.1. The molecule has 1 heterocycles. The van der Waals surface area contributed by atoms with Gasteiger partial charge in [0.1, 0.15) is 21.8 Å². The van der Waals surface area contributed by atoms with Crippen LogP contribution in [0.25, 0.3) is 0 Å². The molecule has 0 spiro atoms. The molecule has 0 saturated carbocycles. The average Bonchev–Trinajstić information content (AvgIpc) is 2.74. The number of thiophene rings is 1. The maximum Gasteiger partial charge on any atom is 0.265 e. The summed E-state index contributed by atoms with van der Waals surface area (Å²) in [6.45, 7) is 0. The van der Waals surface area contributed by atoms with E-state index in [2.05, 4.69) is 4.72 Å². The standard InChI is InChI=1S/C11H8FN3O2S2/c12-9-5-8(14)1-2-10(9)19(16,17)15-11-7(6-13)3-4-18-11/h1-5,15H,14H2. The fourth-order valence-corrected chi connectivity index (χ4v) is 3.52. The predicted octanol–water partition coefficient (Wildman–Crippen LogP) is 2.14. The number of anilines is 2. The van der Waals surface area contributed by atoms with Crippen LogP contribution in [0.4, 0.5) is 15.1 Å². The molecule has 3 N–H and O–H groups in total. The molecule has 8 heteroatoms. The Morgan fingerprint density at radius 3 is 2.74 bits per heavy atom. The van der Waals surface area contributed by atoms with E-state index >= 15 is 0 Å². The molecule has 0 unspecified atom stereocenters. The lowest BCUT2D eigenvalue weighted by atomic mass is 10.3. The van der Waals surface area contributed by atoms with Gasteiger partial charge < -0.3 is 5.73 Å². The zero-order chi connectivity index (χ0) is 14.0. The third-order valence-electron chi connectivity index (χ3n) is 2.26. The van der Waals surface area contributed by atoms with Crippen molar-refractivity contribution in [1.29, 1.82) is 5.26 Å². The second kappa shape index (κ2) is 4.87. The molecule has 2 rings (SSSR count). The Morgan fingerprint density at radius 1 is 1.37 bits per heavy atom. The van der Waals surface area contributed by atoms with Gasteiger partial charge in [0.2, 0.25) is 0 Å². The van der Waals surface area contributed by atoms with Crippen LogP contribution in [0.15, 0.2) is 34.5 Å². The third-order valence-corrected chi connectivity index (χ3v) is 4.60. The highest BCUT2D eigenvalue weighted by Gasteiger charge is 2.21. The molecule has 0 bridgehead atoms. The number of nitrogens with zero attached hydrogens (tertiary/aromatic N) is 1. The molecular weight excluding hydrogens is 289 g/mol. The second-order valence-corrected chi connectivity index (χ2v) is 6.14. The minimum absolute atomic E-state index is 0.130. The number of halogens is 1. The monoisotopic (exact) mass is 297 g/mol. The minimum atomic E-state index is -4.08. The van der Waals surface area contributed by atoms with Gasteiger partial charge in [-0.1, -0.05) is 0 Å². The normalized spacial score (nSPS) is 10.9. The Balaban J connectivity index is 2.41. The molecule has 2 aromatic rings. The lowest BCUT2D eigenvalue weighted by Crippen LogP contribution is -2.14. The van der Waals surface area contributed by atoms with Gasteiger partial charge in [0.05, 0.1) is 5.56 Å². The predicted molar refractivity (Wildman–Crippen MR) is 70.7 cm³/mol. The van der Waals surface area contributed by atoms with Crippen LogP contribution in [-0.2, 0) is 10.0 Å². The fourth-order valence-electron chi connectivity index (χ4n) is 1.39. The van der Waals surface area contributed by atoms with Crippen LogP contribution in [0, 0.1) is 17.1 Å². The van der Waals surface area contributed by atoms with E-state index in [1.54, 1.807) is 5.38 Å². The first-order chi connectivity index (χ1) is 8.94. The highest BCUT2D eigenvalue weighted by atomic mass is 32.2. The lowest BCUT2D eigenvalue weighted by Gasteiger charge is -2.07. The Labute approximate surface area is 113 Å². The Hall–Kier alpha value is -2.11. The van der Waals surface area contributed by atoms with Crippen molar-refractivity contribution in [3.63, 3.8) is 0 Å². The quantitative estimate of drug-likeness (QED) is 0.848. The summed E-state index contributed by atoms with van der Waals surface area (Å²) in [5.41, 5.74) is 5.67. The van der Waals surface area contributed by atoms with E-state index in [0.29, 0.717) is 0 Å². The highest BCUT2D eigenvalue weighted by molar-refractivity contribution is 7.93. The smallest absolute Gasteiger partial charge is 0.265 e. The first-order valence-electron chi connectivity index (χ1n) is 4.99. The number of benzene rings is 1. The molecular formula is C11H8FN3O2S2. The van der Waals surface area contributed by atoms with E-state index in [0.717, 1.165) is 23.5 Å². The number of sulfonamides is 1. The first kappa shape index (κ1) is 13.3. The summed E-state index contributed by atoms with van der Waals surface area (Å²) in [7, 11) is -4.08. The molecule has 0 saturated heterocycles. The van der Waals surface area contributed by atoms with Gasteiger partial charge in [-0.05, 0) is 29.6 Å². The number of nitriles is 1. The Bertz CT molecular complexity index is 762. The molecule has 1 aromatic carbocycles. The number of hydrogen-bond donors (Lipinski definition) is 2. The van der Waals surface area contributed by atoms with Crippen molar-refractivity contribution < 1.29 is 12.8 Å². The summed E-state index contributed by atoms with van der Waals surface area (Å²) in [4.78, 5) is -0.515. The number of nitrogens with two attached hydrogens (primary N) is 1. The molecule has 0 radical (unpaired) electrons. The first-order valence-corrected chi connectivity index (χ1v) is 7.36. The third kappa shape index (κ3) is 2.67. The molecule has 0 aliphatic carbocycles. The molecule has 1 aromatic heterocycles. The van der Waals surface area contributed by atoms with Crippen molar-refractivity contribution in [2.75, 3.05) is 10.5 Å². The maximum absolute atomic E-state index is 13.6. The molecule has 0 aliphatic rings. The van der Waals surface area contributed by atoms with E-state index in [-0.39, 0.29) is 16.3 Å². The number of nitrogens with one attached hydrogen (secondary N) is 1. The maximum atomic E-state index is 13.6. The molecule has 5 nitrogen and oxygen atoms in total. The topological polar surface area (TPSA) is 96.0 Å². The molecule has 0 aliphatic heterocycles. The van der Waals surface area contributed by atoms with Gasteiger partial charge >= 0.3 is 0 Å². The van der Waals surface area contributed by atoms with Crippen molar-refractivity contribution >= 4 is 32.0 Å². The largest absolute Gasteiger partial charge is 0.399 e. The van der Waals surface area contributed by atoms with Crippen molar-refractivity contribution in [3.8, 4) is 6.07 Å². The number of rotatable bonds is 3. The van der Waals surface area contributed by atoms with E-state index in [1.807, 2.05) is 6.07 Å². The van der Waals surface area contributed by atoms with Crippen molar-refractivity contribution in [2.24, 2.45) is 0 Å². The van der Waals surface area contributed by atoms with E-state index in [4.69, 9.17) is 11.0 Å². The molecule has 0 atom stereocenters. The van der Waals surface area contributed by atoms with Gasteiger partial charge in [-0.25, -0.2) is 12.8 Å². The van der Waals surface area contributed by atoms with Crippen molar-refractivity contribution in [3.05, 3.63) is 41.0 Å². The average molecular weight is 297 g/mol. The molecule has 0 amide bonds. The van der Waals surface area contributed by atoms with Crippen LogP contribution in [0.5, 0.6) is 0 Å². The Morgan fingerprint density at radius 2 is 2.11 bits per heavy atom. The van der Waals surface area contributed by atoms with Crippen LogP contribution in [0.2, 0.25) is 0 Å². The van der Waals surface area contributed by atoms with Crippen molar-refractivity contribution in [2.45, 2.75) is 4.90 Å². The summed E-state index contributed by atoms with van der Waals surface area (Å²) < 4.78 is 39.8. The number of hydrogen-bond acceptors (Lipinski definition) is 5. The second-order valence-electron chi connectivity index (χ2n) is 3.57. The molecule has 0 fully saturated rings. The SMILES string of the molecule is N#Cc1ccsc1NS(=O)(=O)c1ccc(N)cc1F. The Kier molecular flexibility index (Phi) is 3.42. The van der Waals surface area contributed by atoms with Crippen molar-refractivity contribution in [1.82, 2.24) is 0 Å². The van der Waals surface area contributed by atoms with E-state index in [9.17, 15) is 12.8 Å². The van der Waals surface area contributed by atoms with Gasteiger partial charge in [0.15, 0.2) is 0 Å². The molecule has 98 valence electrons. The van der Waals surface area contributed by atoms with Gasteiger partial charge in [0.25, 0.3) is 10.0 Å². The highest BCUT2D eigenvalue weighted by Crippen LogP contribution is 2.26. The number of nitrogen functional groups attached to an aromatic ring is 1. The van der Waals surface area contributed by atoms with Crippen LogP contribution in [0.3, 0.4) is 0 Å². The van der Waals surface area contributed by atoms with Crippen LogP contribution >= 0.6 is 11.3 Å². The molecule has 19 heavy (non-hydrogen) atoms. The summed E-state index contributed by atoms with van der Waals surface area (Å²) >= 11 is 1.04. The van der Waals surface area contributed by atoms with Crippen LogP contribution in [-0.4, -0.2) is 8.42 Å². The van der Waals surface area contributed by atoms with Gasteiger partial charge in [-0.15, -0.1) is 11.3 Å². The van der Waals surface area contributed by atoms with Gasteiger partial charge in [-0.2, -0.15) is 5.26 Å². The van der Waals surface area contributed by atoms with E-state index in [1.165, 1.54) is 12.1 Å². The fraction of sp³-hybridized carbons (Fsp3) is 0. The zero-order valence-electron chi connectivity index (χ0n) is 9.42. The summed E-state index contributed by atoms with van der Waals surface area (Å²) in [6.07, 6.45) is 0. The van der Waals surface area contributed by atoms with Gasteiger partial charge in [-0.3, -0.25) is 4.72 Å². The minimum Gasteiger partial charge on any atom is -0.399 e. The van der Waals surface area contributed by atoms with Crippen LogP contribution in [0.1, 0.15) is 5.56 Å². The van der Waals surface area contributed by atoms with E-state index < -0.39 is 20.7 Å². The van der Waals surface area contributed by atoms with Crippen LogP contribution < -0.4 is 10.5 Å². The van der Waals surface area contributed by atoms with Gasteiger partial charge in [0, 0.05) is 5.69 Å². The summed E-state index contributed by atoms with van der Waals surface area (Å²) in [5, 5.41) is 10.5. The lowest BCUT2D eigenvalue weighted by molar-refractivity contribution is 0.571.